The minimum atomic E-state index is -0.642. The third kappa shape index (κ3) is 3.82. The second-order valence-corrected chi connectivity index (χ2v) is 4.19. The van der Waals surface area contributed by atoms with E-state index in [-0.39, 0.29) is 5.75 Å². The second-order valence-electron chi connectivity index (χ2n) is 4.19. The minimum absolute atomic E-state index is 0.127. The van der Waals surface area contributed by atoms with Crippen molar-refractivity contribution in [3.63, 3.8) is 0 Å². The molecule has 1 atom stereocenters. The third-order valence-electron chi connectivity index (χ3n) is 2.79. The smallest absolute Gasteiger partial charge is 0.184 e. The molecule has 0 saturated heterocycles. The van der Waals surface area contributed by atoms with E-state index in [1.165, 1.54) is 12.1 Å². The van der Waals surface area contributed by atoms with Gasteiger partial charge in [-0.25, -0.2) is 4.39 Å². The Bertz CT molecular complexity index is 562. The zero-order valence-corrected chi connectivity index (χ0v) is 10.4. The zero-order chi connectivity index (χ0) is 13.5. The van der Waals surface area contributed by atoms with Crippen LogP contribution in [-0.4, -0.2) is 6.10 Å². The molecule has 0 N–H and O–H groups in total. The average molecular weight is 255 g/mol. The fraction of sp³-hybridized carbons (Fsp3) is 0.188. The van der Waals surface area contributed by atoms with Crippen molar-refractivity contribution in [2.75, 3.05) is 0 Å². The number of nitrogens with zero attached hydrogens (tertiary/aromatic N) is 1. The highest BCUT2D eigenvalue weighted by Gasteiger charge is 2.12. The van der Waals surface area contributed by atoms with Crippen molar-refractivity contribution < 1.29 is 9.13 Å². The van der Waals surface area contributed by atoms with Gasteiger partial charge in [0.2, 0.25) is 0 Å². The average Bonchev–Trinajstić information content (AvgIpc) is 2.46. The Kier molecular flexibility index (Phi) is 4.52. The van der Waals surface area contributed by atoms with E-state index in [0.717, 1.165) is 12.0 Å². The summed E-state index contributed by atoms with van der Waals surface area (Å²) in [6.45, 7) is 0. The Hall–Kier alpha value is -2.34. The number of hydrogen-bond donors (Lipinski definition) is 0. The molecule has 1 unspecified atom stereocenters. The summed E-state index contributed by atoms with van der Waals surface area (Å²) < 4.78 is 18.8. The number of hydrogen-bond acceptors (Lipinski definition) is 2. The van der Waals surface area contributed by atoms with Gasteiger partial charge in [0.1, 0.15) is 6.07 Å². The van der Waals surface area contributed by atoms with Crippen LogP contribution >= 0.6 is 0 Å². The summed E-state index contributed by atoms with van der Waals surface area (Å²) in [5.41, 5.74) is 1.14. The highest BCUT2D eigenvalue weighted by molar-refractivity contribution is 5.24. The van der Waals surface area contributed by atoms with E-state index in [2.05, 4.69) is 6.07 Å². The van der Waals surface area contributed by atoms with Crippen LogP contribution in [0.25, 0.3) is 0 Å². The number of aryl methyl sites for hydroxylation is 1. The van der Waals surface area contributed by atoms with Crippen LogP contribution in [0.4, 0.5) is 4.39 Å². The van der Waals surface area contributed by atoms with Gasteiger partial charge in [0.15, 0.2) is 17.7 Å². The number of rotatable bonds is 5. The minimum Gasteiger partial charge on any atom is -0.472 e. The standard InChI is InChI=1S/C16H14FNO/c17-15-8-4-5-9-16(15)19-14(12-18)11-10-13-6-2-1-3-7-13/h1-9,14H,10-11H2. The molecule has 3 heteroatoms. The molecule has 0 heterocycles. The Labute approximate surface area is 112 Å². The predicted molar refractivity (Wildman–Crippen MR) is 71.2 cm³/mol. The van der Waals surface area contributed by atoms with Crippen molar-refractivity contribution in [1.29, 1.82) is 5.26 Å². The lowest BCUT2D eigenvalue weighted by Gasteiger charge is -2.12. The highest BCUT2D eigenvalue weighted by atomic mass is 19.1. The summed E-state index contributed by atoms with van der Waals surface area (Å²) in [7, 11) is 0. The molecule has 2 rings (SSSR count). The maximum Gasteiger partial charge on any atom is 0.184 e. The number of nitriles is 1. The first-order valence-corrected chi connectivity index (χ1v) is 6.14. The van der Waals surface area contributed by atoms with Gasteiger partial charge in [-0.05, 0) is 24.1 Å². The van der Waals surface area contributed by atoms with Crippen LogP contribution in [0.15, 0.2) is 54.6 Å². The Morgan fingerprint density at radius 2 is 1.74 bits per heavy atom. The molecule has 0 aliphatic heterocycles. The predicted octanol–water partition coefficient (Wildman–Crippen LogP) is 3.73. The van der Waals surface area contributed by atoms with Crippen molar-refractivity contribution in [3.8, 4) is 11.8 Å². The molecule has 2 nitrogen and oxygen atoms in total. The lowest BCUT2D eigenvalue weighted by molar-refractivity contribution is 0.234. The van der Waals surface area contributed by atoms with Gasteiger partial charge in [-0.1, -0.05) is 42.5 Å². The topological polar surface area (TPSA) is 33.0 Å². The quantitative estimate of drug-likeness (QED) is 0.815. The van der Waals surface area contributed by atoms with Gasteiger partial charge in [0.05, 0.1) is 0 Å². The number of halogens is 1. The van der Waals surface area contributed by atoms with Gasteiger partial charge in [-0.15, -0.1) is 0 Å². The molecule has 0 fully saturated rings. The molecular formula is C16H14FNO. The van der Waals surface area contributed by atoms with E-state index in [1.807, 2.05) is 30.3 Å². The van der Waals surface area contributed by atoms with E-state index in [1.54, 1.807) is 12.1 Å². The number of para-hydroxylation sites is 1. The van der Waals surface area contributed by atoms with Crippen molar-refractivity contribution in [2.45, 2.75) is 18.9 Å². The Morgan fingerprint density at radius 3 is 2.42 bits per heavy atom. The first kappa shape index (κ1) is 13.1. The first-order chi connectivity index (χ1) is 9.29. The molecule has 19 heavy (non-hydrogen) atoms. The van der Waals surface area contributed by atoms with Crippen molar-refractivity contribution in [2.24, 2.45) is 0 Å². The first-order valence-electron chi connectivity index (χ1n) is 6.14. The SMILES string of the molecule is N#CC(CCc1ccccc1)Oc1ccccc1F. The van der Waals surface area contributed by atoms with Crippen molar-refractivity contribution >= 4 is 0 Å². The van der Waals surface area contributed by atoms with Crippen LogP contribution in [0.2, 0.25) is 0 Å². The molecule has 0 amide bonds. The van der Waals surface area contributed by atoms with Gasteiger partial charge in [0, 0.05) is 6.42 Å². The molecule has 0 aliphatic carbocycles. The summed E-state index contributed by atoms with van der Waals surface area (Å²) >= 11 is 0. The number of benzene rings is 2. The Balaban J connectivity index is 1.95. The molecule has 0 bridgehead atoms. The summed E-state index contributed by atoms with van der Waals surface area (Å²) in [5, 5.41) is 9.06. The van der Waals surface area contributed by atoms with E-state index < -0.39 is 11.9 Å². The lowest BCUT2D eigenvalue weighted by Crippen LogP contribution is -2.15. The molecule has 0 aliphatic rings. The monoisotopic (exact) mass is 255 g/mol. The van der Waals surface area contributed by atoms with Gasteiger partial charge in [-0.2, -0.15) is 5.26 Å². The van der Waals surface area contributed by atoms with Crippen molar-refractivity contribution in [3.05, 3.63) is 66.0 Å². The van der Waals surface area contributed by atoms with Crippen LogP contribution in [-0.2, 0) is 6.42 Å². The van der Waals surface area contributed by atoms with E-state index in [0.29, 0.717) is 6.42 Å². The van der Waals surface area contributed by atoms with Crippen LogP contribution < -0.4 is 4.74 Å². The van der Waals surface area contributed by atoms with Gasteiger partial charge < -0.3 is 4.74 Å². The van der Waals surface area contributed by atoms with Crippen molar-refractivity contribution in [1.82, 2.24) is 0 Å². The normalized spacial score (nSPS) is 11.6. The summed E-state index contributed by atoms with van der Waals surface area (Å²) in [4.78, 5) is 0. The summed E-state index contributed by atoms with van der Waals surface area (Å²) in [6, 6.07) is 18.0. The van der Waals surface area contributed by atoms with E-state index in [4.69, 9.17) is 10.00 Å². The molecule has 0 saturated carbocycles. The van der Waals surface area contributed by atoms with Gasteiger partial charge in [0.25, 0.3) is 0 Å². The van der Waals surface area contributed by atoms with Crippen LogP contribution in [0.3, 0.4) is 0 Å². The molecular weight excluding hydrogens is 241 g/mol. The lowest BCUT2D eigenvalue weighted by atomic mass is 10.1. The maximum atomic E-state index is 13.4. The molecule has 0 aromatic heterocycles. The number of ether oxygens (including phenoxy) is 1. The molecule has 0 spiro atoms. The van der Waals surface area contributed by atoms with Gasteiger partial charge in [-0.3, -0.25) is 0 Å². The fourth-order valence-corrected chi connectivity index (χ4v) is 1.79. The van der Waals surface area contributed by atoms with E-state index in [9.17, 15) is 4.39 Å². The summed E-state index contributed by atoms with van der Waals surface area (Å²) in [5.74, 6) is -0.315. The molecule has 2 aromatic rings. The van der Waals surface area contributed by atoms with Crippen LogP contribution in [0, 0.1) is 17.1 Å². The van der Waals surface area contributed by atoms with E-state index >= 15 is 0 Å². The second kappa shape index (κ2) is 6.55. The largest absolute Gasteiger partial charge is 0.472 e. The molecule has 0 radical (unpaired) electrons. The van der Waals surface area contributed by atoms with Crippen LogP contribution in [0.1, 0.15) is 12.0 Å². The summed E-state index contributed by atoms with van der Waals surface area (Å²) in [6.07, 6.45) is 0.625. The van der Waals surface area contributed by atoms with Gasteiger partial charge >= 0.3 is 0 Å². The molecule has 2 aromatic carbocycles. The highest BCUT2D eigenvalue weighted by Crippen LogP contribution is 2.18. The zero-order valence-electron chi connectivity index (χ0n) is 10.4. The fourth-order valence-electron chi connectivity index (χ4n) is 1.79. The molecule has 96 valence electrons. The Morgan fingerprint density at radius 1 is 1.05 bits per heavy atom. The third-order valence-corrected chi connectivity index (χ3v) is 2.79. The van der Waals surface area contributed by atoms with Crippen LogP contribution in [0.5, 0.6) is 5.75 Å². The maximum absolute atomic E-state index is 13.4.